The molecule has 0 aliphatic carbocycles. The van der Waals surface area contributed by atoms with Gasteiger partial charge >= 0.3 is 0 Å². The highest BCUT2D eigenvalue weighted by Crippen LogP contribution is 2.32. The summed E-state index contributed by atoms with van der Waals surface area (Å²) in [6.45, 7) is 0. The van der Waals surface area contributed by atoms with Crippen LogP contribution in [0.3, 0.4) is 0 Å². The Bertz CT molecular complexity index is 931. The second-order valence-electron chi connectivity index (χ2n) is 5.54. The van der Waals surface area contributed by atoms with Crippen molar-refractivity contribution in [3.05, 3.63) is 65.2 Å². The van der Waals surface area contributed by atoms with Crippen LogP contribution in [0.25, 0.3) is 11.3 Å². The Hall–Kier alpha value is -2.57. The standard InChI is InChI=1S/C20H17ClN2O3S/c1-25-15-7-9-19(26-2)16(11-15)17-8-10-20(23-22-17)27-12-18(24)13-3-5-14(21)6-4-13/h3-11H,12H2,1-2H3. The molecule has 0 spiro atoms. The largest absolute Gasteiger partial charge is 0.497 e. The van der Waals surface area contributed by atoms with Crippen LogP contribution in [0.4, 0.5) is 0 Å². The second-order valence-corrected chi connectivity index (χ2v) is 6.97. The minimum absolute atomic E-state index is 0.0111. The van der Waals surface area contributed by atoms with Gasteiger partial charge in [0.2, 0.25) is 0 Å². The molecule has 5 nitrogen and oxygen atoms in total. The fourth-order valence-electron chi connectivity index (χ4n) is 2.41. The summed E-state index contributed by atoms with van der Waals surface area (Å²) in [6, 6.07) is 16.0. The van der Waals surface area contributed by atoms with E-state index in [9.17, 15) is 4.79 Å². The molecule has 0 aliphatic heterocycles. The molecule has 3 aromatic rings. The van der Waals surface area contributed by atoms with E-state index in [1.165, 1.54) is 11.8 Å². The molecular formula is C20H17ClN2O3S. The number of methoxy groups -OCH3 is 2. The van der Waals surface area contributed by atoms with Crippen LogP contribution in [-0.4, -0.2) is 36.0 Å². The monoisotopic (exact) mass is 400 g/mol. The van der Waals surface area contributed by atoms with E-state index in [0.29, 0.717) is 32.8 Å². The number of rotatable bonds is 7. The molecule has 0 saturated carbocycles. The fraction of sp³-hybridized carbons (Fsp3) is 0.150. The summed E-state index contributed by atoms with van der Waals surface area (Å²) in [5.41, 5.74) is 2.08. The smallest absolute Gasteiger partial charge is 0.173 e. The van der Waals surface area contributed by atoms with Gasteiger partial charge in [-0.25, -0.2) is 0 Å². The molecule has 1 heterocycles. The van der Waals surface area contributed by atoms with Crippen LogP contribution >= 0.6 is 23.4 Å². The number of carbonyl (C=O) groups excluding carboxylic acids is 1. The van der Waals surface area contributed by atoms with E-state index >= 15 is 0 Å². The molecule has 2 aromatic carbocycles. The van der Waals surface area contributed by atoms with E-state index < -0.39 is 0 Å². The predicted octanol–water partition coefficient (Wildman–Crippen LogP) is 4.79. The van der Waals surface area contributed by atoms with E-state index in [-0.39, 0.29) is 11.5 Å². The average molecular weight is 401 g/mol. The Morgan fingerprint density at radius 1 is 1.00 bits per heavy atom. The van der Waals surface area contributed by atoms with Gasteiger partial charge in [-0.3, -0.25) is 4.79 Å². The van der Waals surface area contributed by atoms with Gasteiger partial charge in [-0.05, 0) is 54.6 Å². The van der Waals surface area contributed by atoms with E-state index in [1.807, 2.05) is 30.3 Å². The Kier molecular flexibility index (Phi) is 6.32. The Labute approximate surface area is 166 Å². The van der Waals surface area contributed by atoms with Gasteiger partial charge < -0.3 is 9.47 Å². The fourth-order valence-corrected chi connectivity index (χ4v) is 3.25. The van der Waals surface area contributed by atoms with Gasteiger partial charge in [0.15, 0.2) is 5.78 Å². The van der Waals surface area contributed by atoms with Crippen molar-refractivity contribution in [1.82, 2.24) is 10.2 Å². The molecule has 0 atom stereocenters. The van der Waals surface area contributed by atoms with Gasteiger partial charge in [0.05, 0.1) is 25.7 Å². The van der Waals surface area contributed by atoms with Crippen molar-refractivity contribution >= 4 is 29.1 Å². The molecule has 0 saturated heterocycles. The summed E-state index contributed by atoms with van der Waals surface area (Å²) in [6.07, 6.45) is 0. The molecular weight excluding hydrogens is 384 g/mol. The number of ether oxygens (including phenoxy) is 2. The SMILES string of the molecule is COc1ccc(OC)c(-c2ccc(SCC(=O)c3ccc(Cl)cc3)nn2)c1. The lowest BCUT2D eigenvalue weighted by atomic mass is 10.1. The highest BCUT2D eigenvalue weighted by Gasteiger charge is 2.11. The highest BCUT2D eigenvalue weighted by molar-refractivity contribution is 7.99. The third kappa shape index (κ3) is 4.78. The molecule has 138 valence electrons. The maximum atomic E-state index is 12.2. The molecule has 0 aliphatic rings. The summed E-state index contributed by atoms with van der Waals surface area (Å²) in [4.78, 5) is 12.2. The van der Waals surface area contributed by atoms with Crippen molar-refractivity contribution in [2.24, 2.45) is 0 Å². The first-order valence-corrected chi connectivity index (χ1v) is 9.45. The lowest BCUT2D eigenvalue weighted by Crippen LogP contribution is -2.02. The average Bonchev–Trinajstić information content (AvgIpc) is 2.72. The lowest BCUT2D eigenvalue weighted by Gasteiger charge is -2.10. The predicted molar refractivity (Wildman–Crippen MR) is 107 cm³/mol. The van der Waals surface area contributed by atoms with Crippen LogP contribution in [0.15, 0.2) is 59.6 Å². The van der Waals surface area contributed by atoms with Crippen LogP contribution in [-0.2, 0) is 0 Å². The molecule has 7 heteroatoms. The molecule has 0 amide bonds. The summed E-state index contributed by atoms with van der Waals surface area (Å²) in [5, 5.41) is 9.74. The molecule has 0 fully saturated rings. The van der Waals surface area contributed by atoms with Crippen LogP contribution < -0.4 is 9.47 Å². The summed E-state index contributed by atoms with van der Waals surface area (Å²) >= 11 is 7.18. The Morgan fingerprint density at radius 2 is 1.78 bits per heavy atom. The van der Waals surface area contributed by atoms with Crippen molar-refractivity contribution in [3.8, 4) is 22.8 Å². The third-order valence-electron chi connectivity index (χ3n) is 3.84. The molecule has 3 rings (SSSR count). The molecule has 27 heavy (non-hydrogen) atoms. The van der Waals surface area contributed by atoms with Crippen molar-refractivity contribution in [1.29, 1.82) is 0 Å². The summed E-state index contributed by atoms with van der Waals surface area (Å²) in [7, 11) is 3.21. The number of carbonyl (C=O) groups is 1. The van der Waals surface area contributed by atoms with Crippen molar-refractivity contribution in [3.63, 3.8) is 0 Å². The molecule has 0 radical (unpaired) electrons. The van der Waals surface area contributed by atoms with Crippen LogP contribution in [0.1, 0.15) is 10.4 Å². The van der Waals surface area contributed by atoms with Gasteiger partial charge in [0.1, 0.15) is 16.5 Å². The molecule has 0 N–H and O–H groups in total. The van der Waals surface area contributed by atoms with Crippen LogP contribution in [0.5, 0.6) is 11.5 Å². The number of hydrogen-bond donors (Lipinski definition) is 0. The van der Waals surface area contributed by atoms with Crippen molar-refractivity contribution < 1.29 is 14.3 Å². The first-order valence-electron chi connectivity index (χ1n) is 8.08. The summed E-state index contributed by atoms with van der Waals surface area (Å²) in [5.74, 6) is 1.68. The summed E-state index contributed by atoms with van der Waals surface area (Å²) < 4.78 is 10.6. The Balaban J connectivity index is 1.70. The van der Waals surface area contributed by atoms with Gasteiger partial charge in [0, 0.05) is 16.1 Å². The van der Waals surface area contributed by atoms with E-state index in [1.54, 1.807) is 38.5 Å². The van der Waals surface area contributed by atoms with Gasteiger partial charge in [-0.2, -0.15) is 0 Å². The number of halogens is 1. The highest BCUT2D eigenvalue weighted by atomic mass is 35.5. The van der Waals surface area contributed by atoms with Crippen LogP contribution in [0.2, 0.25) is 5.02 Å². The van der Waals surface area contributed by atoms with Crippen molar-refractivity contribution in [2.45, 2.75) is 5.03 Å². The van der Waals surface area contributed by atoms with Crippen molar-refractivity contribution in [2.75, 3.05) is 20.0 Å². The minimum atomic E-state index is 0.0111. The van der Waals surface area contributed by atoms with E-state index in [2.05, 4.69) is 10.2 Å². The zero-order valence-electron chi connectivity index (χ0n) is 14.8. The number of ketones is 1. The third-order valence-corrected chi connectivity index (χ3v) is 5.01. The van der Waals surface area contributed by atoms with Crippen LogP contribution in [0, 0.1) is 0 Å². The first-order chi connectivity index (χ1) is 13.1. The van der Waals surface area contributed by atoms with Gasteiger partial charge in [0.25, 0.3) is 0 Å². The molecule has 0 unspecified atom stereocenters. The number of benzene rings is 2. The second kappa shape index (κ2) is 8.88. The number of hydrogen-bond acceptors (Lipinski definition) is 6. The maximum Gasteiger partial charge on any atom is 0.173 e. The Morgan fingerprint density at radius 3 is 2.41 bits per heavy atom. The molecule has 0 bridgehead atoms. The molecule has 1 aromatic heterocycles. The number of aromatic nitrogens is 2. The minimum Gasteiger partial charge on any atom is -0.497 e. The van der Waals surface area contributed by atoms with E-state index in [4.69, 9.17) is 21.1 Å². The first kappa shape index (κ1) is 19.2. The zero-order chi connectivity index (χ0) is 19.2. The zero-order valence-corrected chi connectivity index (χ0v) is 16.4. The maximum absolute atomic E-state index is 12.2. The lowest BCUT2D eigenvalue weighted by molar-refractivity contribution is 0.102. The topological polar surface area (TPSA) is 61.3 Å². The normalized spacial score (nSPS) is 10.5. The van der Waals surface area contributed by atoms with E-state index in [0.717, 1.165) is 5.56 Å². The number of nitrogens with zero attached hydrogens (tertiary/aromatic N) is 2. The van der Waals surface area contributed by atoms with Gasteiger partial charge in [-0.15, -0.1) is 10.2 Å². The van der Waals surface area contributed by atoms with Gasteiger partial charge in [-0.1, -0.05) is 23.4 Å². The quantitative estimate of drug-likeness (QED) is 0.419. The number of Topliss-reactive ketones (excluding diaryl/α,β-unsaturated/α-hetero) is 1. The number of thioether (sulfide) groups is 1.